The monoisotopic (exact) mass is 379 g/mol. The topological polar surface area (TPSA) is 112 Å². The van der Waals surface area contributed by atoms with Gasteiger partial charge in [0.05, 0.1) is 16.9 Å². The molecule has 2 heterocycles. The van der Waals surface area contributed by atoms with Crippen LogP contribution in [0.4, 0.5) is 11.5 Å². The molecule has 1 saturated heterocycles. The Bertz CT molecular complexity index is 883. The van der Waals surface area contributed by atoms with Crippen molar-refractivity contribution in [1.29, 1.82) is 5.26 Å². The number of hydrogen-bond acceptors (Lipinski definition) is 6. The number of nitriles is 1. The Kier molecular flexibility index (Phi) is 6.17. The molecule has 8 nitrogen and oxygen atoms in total. The first-order chi connectivity index (χ1) is 13.6. The molecule has 3 rings (SSSR count). The molecular formula is C20H21N5O3. The van der Waals surface area contributed by atoms with E-state index < -0.39 is 4.92 Å². The van der Waals surface area contributed by atoms with Gasteiger partial charge >= 0.3 is 0 Å². The summed E-state index contributed by atoms with van der Waals surface area (Å²) in [5, 5.41) is 22.8. The fraction of sp³-hybridized carbons (Fsp3) is 0.350. The first-order valence-corrected chi connectivity index (χ1v) is 9.17. The van der Waals surface area contributed by atoms with Crippen LogP contribution in [0.1, 0.15) is 24.0 Å². The minimum absolute atomic E-state index is 0.0170. The Morgan fingerprint density at radius 1 is 1.29 bits per heavy atom. The van der Waals surface area contributed by atoms with E-state index in [4.69, 9.17) is 0 Å². The van der Waals surface area contributed by atoms with E-state index in [0.717, 1.165) is 37.3 Å². The van der Waals surface area contributed by atoms with Crippen molar-refractivity contribution in [3.63, 3.8) is 0 Å². The predicted molar refractivity (Wildman–Crippen MR) is 104 cm³/mol. The molecule has 1 aliphatic rings. The average Bonchev–Trinajstić information content (AvgIpc) is 2.73. The zero-order valence-electron chi connectivity index (χ0n) is 15.4. The van der Waals surface area contributed by atoms with Crippen molar-refractivity contribution in [2.24, 2.45) is 5.92 Å². The highest BCUT2D eigenvalue weighted by atomic mass is 16.6. The molecule has 1 aliphatic heterocycles. The molecule has 0 radical (unpaired) electrons. The Hall–Kier alpha value is -3.47. The van der Waals surface area contributed by atoms with Gasteiger partial charge in [-0.25, -0.2) is 4.98 Å². The average molecular weight is 379 g/mol. The van der Waals surface area contributed by atoms with Crippen LogP contribution in [0.3, 0.4) is 0 Å². The minimum Gasteiger partial charge on any atom is -0.356 e. The molecule has 1 amide bonds. The van der Waals surface area contributed by atoms with Gasteiger partial charge in [-0.05, 0) is 36.5 Å². The Morgan fingerprint density at radius 3 is 2.64 bits per heavy atom. The second kappa shape index (κ2) is 8.95. The van der Waals surface area contributed by atoms with E-state index in [1.807, 2.05) is 0 Å². The molecule has 0 atom stereocenters. The van der Waals surface area contributed by atoms with Crippen molar-refractivity contribution in [2.75, 3.05) is 24.5 Å². The lowest BCUT2D eigenvalue weighted by molar-refractivity contribution is -0.384. The summed E-state index contributed by atoms with van der Waals surface area (Å²) in [6.07, 6.45) is 3.73. The van der Waals surface area contributed by atoms with E-state index in [0.29, 0.717) is 18.0 Å². The molecule has 0 bridgehead atoms. The molecular weight excluding hydrogens is 358 g/mol. The Labute approximate surface area is 163 Å². The number of aromatic nitrogens is 1. The third kappa shape index (κ3) is 4.82. The molecule has 0 unspecified atom stereocenters. The van der Waals surface area contributed by atoms with Gasteiger partial charge in [0, 0.05) is 38.0 Å². The Balaban J connectivity index is 1.44. The first kappa shape index (κ1) is 19.3. The number of carbonyl (C=O) groups excluding carboxylic acids is 1. The maximum absolute atomic E-state index is 12.1. The van der Waals surface area contributed by atoms with Gasteiger partial charge in [0.1, 0.15) is 11.9 Å². The SMILES string of the molecule is N#Cc1cccnc1N1CCC(CNC(=O)Cc2ccc([N+](=O)[O-])cc2)CC1. The van der Waals surface area contributed by atoms with Crippen LogP contribution in [0.25, 0.3) is 0 Å². The molecule has 1 fully saturated rings. The van der Waals surface area contributed by atoms with Crippen molar-refractivity contribution in [3.8, 4) is 6.07 Å². The van der Waals surface area contributed by atoms with Gasteiger partial charge in [-0.1, -0.05) is 12.1 Å². The number of benzene rings is 1. The fourth-order valence-electron chi connectivity index (χ4n) is 3.33. The van der Waals surface area contributed by atoms with E-state index in [2.05, 4.69) is 21.3 Å². The summed E-state index contributed by atoms with van der Waals surface area (Å²) < 4.78 is 0. The highest BCUT2D eigenvalue weighted by Crippen LogP contribution is 2.23. The van der Waals surface area contributed by atoms with Gasteiger partial charge < -0.3 is 10.2 Å². The number of rotatable bonds is 6. The van der Waals surface area contributed by atoms with E-state index in [1.165, 1.54) is 12.1 Å². The first-order valence-electron chi connectivity index (χ1n) is 9.17. The summed E-state index contributed by atoms with van der Waals surface area (Å²) in [6, 6.07) is 11.7. The van der Waals surface area contributed by atoms with Crippen LogP contribution >= 0.6 is 0 Å². The van der Waals surface area contributed by atoms with Crippen molar-refractivity contribution in [2.45, 2.75) is 19.3 Å². The standard InChI is InChI=1S/C20H21N5O3/c21-13-17-2-1-9-22-20(17)24-10-7-16(8-11-24)14-23-19(26)12-15-3-5-18(6-4-15)25(27)28/h1-6,9,16H,7-8,10-12,14H2,(H,23,26). The van der Waals surface area contributed by atoms with Crippen LogP contribution < -0.4 is 10.2 Å². The molecule has 1 aromatic heterocycles. The molecule has 0 aliphatic carbocycles. The highest BCUT2D eigenvalue weighted by Gasteiger charge is 2.22. The molecule has 1 N–H and O–H groups in total. The number of carbonyl (C=O) groups is 1. The molecule has 8 heteroatoms. The van der Waals surface area contributed by atoms with E-state index in [1.54, 1.807) is 30.5 Å². The number of non-ortho nitro benzene ring substituents is 1. The lowest BCUT2D eigenvalue weighted by Crippen LogP contribution is -2.39. The number of piperidine rings is 1. The van der Waals surface area contributed by atoms with Crippen LogP contribution in [-0.2, 0) is 11.2 Å². The third-order valence-electron chi connectivity index (χ3n) is 4.92. The largest absolute Gasteiger partial charge is 0.356 e. The van der Waals surface area contributed by atoms with Crippen molar-refractivity contribution in [3.05, 3.63) is 63.8 Å². The van der Waals surface area contributed by atoms with Crippen LogP contribution in [-0.4, -0.2) is 35.4 Å². The maximum atomic E-state index is 12.1. The number of nitrogens with one attached hydrogen (secondary N) is 1. The van der Waals surface area contributed by atoms with Gasteiger partial charge in [-0.2, -0.15) is 5.26 Å². The molecule has 28 heavy (non-hydrogen) atoms. The van der Waals surface area contributed by atoms with Gasteiger partial charge in [-0.15, -0.1) is 0 Å². The summed E-state index contributed by atoms with van der Waals surface area (Å²) in [4.78, 5) is 28.8. The maximum Gasteiger partial charge on any atom is 0.269 e. The van der Waals surface area contributed by atoms with Crippen LogP contribution in [0.2, 0.25) is 0 Å². The van der Waals surface area contributed by atoms with Crippen LogP contribution in [0.15, 0.2) is 42.6 Å². The normalized spacial score (nSPS) is 14.3. The van der Waals surface area contributed by atoms with E-state index >= 15 is 0 Å². The third-order valence-corrected chi connectivity index (χ3v) is 4.92. The summed E-state index contributed by atoms with van der Waals surface area (Å²) in [6.45, 7) is 2.20. The van der Waals surface area contributed by atoms with Crippen LogP contribution in [0, 0.1) is 27.4 Å². The summed E-state index contributed by atoms with van der Waals surface area (Å²) in [7, 11) is 0. The summed E-state index contributed by atoms with van der Waals surface area (Å²) >= 11 is 0. The van der Waals surface area contributed by atoms with Crippen molar-refractivity contribution < 1.29 is 9.72 Å². The lowest BCUT2D eigenvalue weighted by atomic mass is 9.96. The number of anilines is 1. The quantitative estimate of drug-likeness (QED) is 0.609. The molecule has 0 saturated carbocycles. The molecule has 0 spiro atoms. The number of amides is 1. The second-order valence-electron chi connectivity index (χ2n) is 6.82. The zero-order valence-corrected chi connectivity index (χ0v) is 15.4. The van der Waals surface area contributed by atoms with E-state index in [-0.39, 0.29) is 18.0 Å². The number of nitro groups is 1. The van der Waals surface area contributed by atoms with Gasteiger partial charge in [0.2, 0.25) is 5.91 Å². The van der Waals surface area contributed by atoms with E-state index in [9.17, 15) is 20.2 Å². The molecule has 2 aromatic rings. The zero-order chi connectivity index (χ0) is 19.9. The second-order valence-corrected chi connectivity index (χ2v) is 6.82. The predicted octanol–water partition coefficient (Wildman–Crippen LogP) is 2.44. The fourth-order valence-corrected chi connectivity index (χ4v) is 3.33. The van der Waals surface area contributed by atoms with Gasteiger partial charge in [0.25, 0.3) is 5.69 Å². The summed E-state index contributed by atoms with van der Waals surface area (Å²) in [5.74, 6) is 1.02. The van der Waals surface area contributed by atoms with Crippen molar-refractivity contribution in [1.82, 2.24) is 10.3 Å². The number of nitro benzene ring substituents is 1. The molecule has 1 aromatic carbocycles. The van der Waals surface area contributed by atoms with Gasteiger partial charge in [-0.3, -0.25) is 14.9 Å². The number of pyridine rings is 1. The Morgan fingerprint density at radius 2 is 2.00 bits per heavy atom. The summed E-state index contributed by atoms with van der Waals surface area (Å²) in [5.41, 5.74) is 1.35. The number of hydrogen-bond donors (Lipinski definition) is 1. The van der Waals surface area contributed by atoms with Gasteiger partial charge in [0.15, 0.2) is 0 Å². The smallest absolute Gasteiger partial charge is 0.269 e. The van der Waals surface area contributed by atoms with Crippen LogP contribution in [0.5, 0.6) is 0 Å². The lowest BCUT2D eigenvalue weighted by Gasteiger charge is -2.33. The van der Waals surface area contributed by atoms with Crippen molar-refractivity contribution >= 4 is 17.4 Å². The molecule has 144 valence electrons. The minimum atomic E-state index is -0.458. The number of nitrogens with zero attached hydrogens (tertiary/aromatic N) is 4. The highest BCUT2D eigenvalue weighted by molar-refractivity contribution is 5.78.